The minimum atomic E-state index is -1.30. The number of guanidine groups is 2. The average Bonchev–Trinajstić information content (AvgIpc) is 3.78. The molecule has 0 saturated carbocycles. The molecule has 374 valence electrons. The Morgan fingerprint density at radius 3 is 1.93 bits per heavy atom. The highest BCUT2D eigenvalue weighted by Gasteiger charge is 2.40. The van der Waals surface area contributed by atoms with Gasteiger partial charge >= 0.3 is 5.97 Å². The zero-order valence-corrected chi connectivity index (χ0v) is 41.4. The number of nitrogens with one attached hydrogen (secondary N) is 5. The average molecular weight is 1060 g/mol. The number of phenols is 1. The number of carbonyl (C=O) groups excluding carboxylic acids is 6. The zero-order valence-electron chi connectivity index (χ0n) is 39.2. The lowest BCUT2D eigenvalue weighted by atomic mass is 9.96. The number of nitrogens with zero attached hydrogens (tertiary/aromatic N) is 3. The lowest BCUT2D eigenvalue weighted by Crippen LogP contribution is -2.60. The molecule has 1 fully saturated rings. The lowest BCUT2D eigenvalue weighted by molar-refractivity contribution is -0.143. The van der Waals surface area contributed by atoms with Crippen molar-refractivity contribution in [3.63, 3.8) is 0 Å². The van der Waals surface area contributed by atoms with Gasteiger partial charge in [0.1, 0.15) is 42.0 Å². The smallest absolute Gasteiger partial charge is 0.326 e. The van der Waals surface area contributed by atoms with Crippen LogP contribution in [0.25, 0.3) is 0 Å². The van der Waals surface area contributed by atoms with E-state index in [1.54, 1.807) is 31.2 Å². The minimum Gasteiger partial charge on any atom is -0.508 e. The Morgan fingerprint density at radius 1 is 0.765 bits per heavy atom. The fourth-order valence-corrected chi connectivity index (χ4v) is 8.20. The molecule has 22 heteroatoms. The fraction of sp³-hybridized carbons (Fsp3) is 0.543. The Morgan fingerprint density at radius 2 is 1.35 bits per heavy atom. The van der Waals surface area contributed by atoms with Crippen LogP contribution < -0.4 is 49.5 Å². The number of rotatable bonds is 27. The number of carbonyl (C=O) groups is 7. The van der Waals surface area contributed by atoms with Crippen molar-refractivity contribution in [2.45, 2.75) is 128 Å². The Balaban J connectivity index is 1.92. The quantitative estimate of drug-likeness (QED) is 0.0251. The number of aliphatic carboxylic acids is 1. The zero-order chi connectivity index (χ0) is 50.5. The van der Waals surface area contributed by atoms with Gasteiger partial charge in [0, 0.05) is 29.6 Å². The van der Waals surface area contributed by atoms with Crippen LogP contribution in [0, 0.1) is 15.4 Å². The van der Waals surface area contributed by atoms with E-state index in [1.807, 2.05) is 32.9 Å². The van der Waals surface area contributed by atoms with Crippen molar-refractivity contribution in [2.75, 3.05) is 19.6 Å². The van der Waals surface area contributed by atoms with Gasteiger partial charge in [-0.2, -0.15) is 0 Å². The summed E-state index contributed by atoms with van der Waals surface area (Å²) >= 11 is 2.12. The topological polar surface area (TPSA) is 352 Å². The maximum absolute atomic E-state index is 14.6. The second-order valence-corrected chi connectivity index (χ2v) is 18.5. The molecule has 0 aliphatic carbocycles. The Bertz CT molecular complexity index is 2100. The third-order valence-corrected chi connectivity index (χ3v) is 12.5. The SMILES string of the molecule is CC[C@H](C)[C@@H](NC(=O)[C@H](Cc1ccc(O)cc1)NC(=O)[C@@H]1CCCN1C(=O)[C@H](CCCN=C(N)N)NC(=O)[C@H](CCCN=C(N)N)NC(=O)Cc1ccccc1[123I])C(=O)N[C@H](CC(C)C)C(=O)O. The second-order valence-electron chi connectivity index (χ2n) is 17.4. The van der Waals surface area contributed by atoms with E-state index in [-0.39, 0.29) is 88.2 Å². The van der Waals surface area contributed by atoms with Crippen LogP contribution >= 0.6 is 22.6 Å². The van der Waals surface area contributed by atoms with Crippen molar-refractivity contribution >= 4 is 75.9 Å². The molecule has 1 heterocycles. The van der Waals surface area contributed by atoms with E-state index in [4.69, 9.17) is 22.9 Å². The molecule has 1 saturated heterocycles. The fourth-order valence-electron chi connectivity index (χ4n) is 7.62. The van der Waals surface area contributed by atoms with Gasteiger partial charge in [-0.15, -0.1) is 0 Å². The highest BCUT2D eigenvalue weighted by atomic mass is 123. The number of hydrogen-bond acceptors (Lipinski definition) is 10. The summed E-state index contributed by atoms with van der Waals surface area (Å²) in [6.07, 6.45) is 1.85. The largest absolute Gasteiger partial charge is 0.508 e. The van der Waals surface area contributed by atoms with Crippen molar-refractivity contribution in [2.24, 2.45) is 44.8 Å². The van der Waals surface area contributed by atoms with Crippen molar-refractivity contribution in [3.8, 4) is 5.75 Å². The number of carboxylic acid groups (broad SMARTS) is 1. The number of nitrogens with two attached hydrogens (primary N) is 4. The van der Waals surface area contributed by atoms with Crippen molar-refractivity contribution in [1.29, 1.82) is 0 Å². The minimum absolute atomic E-state index is 0.0109. The van der Waals surface area contributed by atoms with Gasteiger partial charge in [0.15, 0.2) is 11.9 Å². The molecule has 0 unspecified atom stereocenters. The van der Waals surface area contributed by atoms with Gasteiger partial charge in [-0.05, 0) is 109 Å². The molecule has 21 nitrogen and oxygen atoms in total. The molecule has 68 heavy (non-hydrogen) atoms. The van der Waals surface area contributed by atoms with E-state index >= 15 is 0 Å². The molecular weight excluding hydrogens is 987 g/mol. The summed E-state index contributed by atoms with van der Waals surface area (Å²) in [7, 11) is 0. The maximum atomic E-state index is 14.6. The van der Waals surface area contributed by atoms with Crippen molar-refractivity contribution in [3.05, 3.63) is 63.2 Å². The summed E-state index contributed by atoms with van der Waals surface area (Å²) in [6.45, 7) is 7.63. The maximum Gasteiger partial charge on any atom is 0.326 e. The molecule has 7 atom stereocenters. The number of carboxylic acids is 1. The van der Waals surface area contributed by atoms with Gasteiger partial charge in [-0.3, -0.25) is 38.8 Å². The van der Waals surface area contributed by atoms with Crippen LogP contribution in [-0.4, -0.2) is 124 Å². The summed E-state index contributed by atoms with van der Waals surface area (Å²) in [5.41, 5.74) is 23.4. The summed E-state index contributed by atoms with van der Waals surface area (Å²) in [6, 6.07) is 6.25. The van der Waals surface area contributed by atoms with E-state index in [9.17, 15) is 43.8 Å². The van der Waals surface area contributed by atoms with E-state index in [0.717, 1.165) is 9.13 Å². The summed E-state index contributed by atoms with van der Waals surface area (Å²) in [5, 5.41) is 33.5. The third-order valence-electron chi connectivity index (χ3n) is 11.4. The normalized spacial score (nSPS) is 15.9. The van der Waals surface area contributed by atoms with Crippen LogP contribution in [0.15, 0.2) is 58.5 Å². The van der Waals surface area contributed by atoms with Gasteiger partial charge in [0.25, 0.3) is 0 Å². The van der Waals surface area contributed by atoms with E-state index in [2.05, 4.69) is 59.2 Å². The first-order chi connectivity index (χ1) is 32.2. The number of halogens is 1. The monoisotopic (exact) mass is 1060 g/mol. The summed E-state index contributed by atoms with van der Waals surface area (Å²) in [5.74, 6) is -5.83. The second kappa shape index (κ2) is 28.2. The molecule has 0 aromatic heterocycles. The Hall–Kier alpha value is -6.20. The number of aliphatic imine (C=N–C) groups is 2. The van der Waals surface area contributed by atoms with Crippen LogP contribution in [0.3, 0.4) is 0 Å². The van der Waals surface area contributed by atoms with E-state index in [1.165, 1.54) is 17.0 Å². The number of aromatic hydroxyl groups is 1. The number of phenolic OH excluding ortho intramolecular Hbond substituents is 1. The Kier molecular flexibility index (Phi) is 23.3. The summed E-state index contributed by atoms with van der Waals surface area (Å²) in [4.78, 5) is 106. The third kappa shape index (κ3) is 18.8. The standard InChI is InChI=1S/C46H69IN12O9/c1-5-27(4)38(42(65)57-35(44(67)68)23-26(2)3)58-40(63)34(24-28-16-18-30(60)19-17-28)56-41(64)36-15-10-22-59(36)43(66)33(14-9-21-53-46(50)51)55-39(62)32(13-8-20-52-45(48)49)54-37(61)25-29-11-6-7-12-31(29)47/h6-7,11-12,16-19,26-27,32-36,38,60H,5,8-10,13-15,20-25H2,1-4H3,(H,54,61)(H,55,62)(H,56,64)(H,57,65)(H,58,63)(H,67,68)(H4,48,49,52)(H4,50,51,53)/t27-,32-,33-,34-,35+,36-,38+/m0/s1/i47-4. The van der Waals surface area contributed by atoms with Crippen LogP contribution in [0.4, 0.5) is 0 Å². The van der Waals surface area contributed by atoms with Crippen molar-refractivity contribution in [1.82, 2.24) is 31.5 Å². The van der Waals surface area contributed by atoms with Crippen LogP contribution in [0.5, 0.6) is 5.75 Å². The molecule has 3 rings (SSSR count). The number of amides is 6. The molecular formula is C46H69IN12O9. The van der Waals surface area contributed by atoms with E-state index in [0.29, 0.717) is 24.8 Å². The molecule has 6 amide bonds. The first-order valence-corrected chi connectivity index (χ1v) is 23.9. The molecule has 1 aliphatic rings. The Labute approximate surface area is 411 Å². The predicted molar refractivity (Wildman–Crippen MR) is 265 cm³/mol. The summed E-state index contributed by atoms with van der Waals surface area (Å²) < 4.78 is 0.864. The molecule has 1 aliphatic heterocycles. The van der Waals surface area contributed by atoms with Gasteiger partial charge in [0.05, 0.1) is 6.42 Å². The highest BCUT2D eigenvalue weighted by molar-refractivity contribution is 14.1. The number of hydrogen-bond donors (Lipinski definition) is 11. The van der Waals surface area contributed by atoms with Gasteiger partial charge in [-0.1, -0.05) is 64.4 Å². The predicted octanol–water partition coefficient (Wildman–Crippen LogP) is 0.481. The first kappa shape index (κ1) is 56.1. The number of likely N-dealkylation sites (tertiary alicyclic amines) is 1. The number of benzene rings is 2. The molecule has 0 radical (unpaired) electrons. The molecule has 0 spiro atoms. The van der Waals surface area contributed by atoms with Crippen LogP contribution in [0.1, 0.15) is 90.2 Å². The van der Waals surface area contributed by atoms with E-state index < -0.39 is 83.6 Å². The van der Waals surface area contributed by atoms with Gasteiger partial charge in [-0.25, -0.2) is 4.79 Å². The first-order valence-electron chi connectivity index (χ1n) is 22.9. The van der Waals surface area contributed by atoms with Gasteiger partial charge in [0.2, 0.25) is 35.4 Å². The highest BCUT2D eigenvalue weighted by Crippen LogP contribution is 2.22. The van der Waals surface area contributed by atoms with Gasteiger partial charge < -0.3 is 64.6 Å². The molecule has 2 aromatic rings. The van der Waals surface area contributed by atoms with Crippen LogP contribution in [0.2, 0.25) is 0 Å². The molecule has 15 N–H and O–H groups in total. The molecule has 0 bridgehead atoms. The lowest BCUT2D eigenvalue weighted by Gasteiger charge is -2.31. The van der Waals surface area contributed by atoms with Crippen molar-refractivity contribution < 1.29 is 43.8 Å². The molecule has 2 aromatic carbocycles. The van der Waals surface area contributed by atoms with Crippen LogP contribution in [-0.2, 0) is 46.4 Å².